The zero-order chi connectivity index (χ0) is 30.6. The molecule has 4 aliphatic rings. The number of anilines is 3. The lowest BCUT2D eigenvalue weighted by Gasteiger charge is -2.47. The van der Waals surface area contributed by atoms with E-state index in [1.165, 1.54) is 61.0 Å². The van der Waals surface area contributed by atoms with E-state index >= 15 is 0 Å². The summed E-state index contributed by atoms with van der Waals surface area (Å²) in [5.41, 5.74) is 15.7. The van der Waals surface area contributed by atoms with E-state index in [4.69, 9.17) is 9.47 Å². The smallest absolute Gasteiger partial charge is 0.256 e. The Kier molecular flexibility index (Phi) is 5.01. The van der Waals surface area contributed by atoms with Crippen molar-refractivity contribution >= 4 is 63.3 Å². The summed E-state index contributed by atoms with van der Waals surface area (Å²) in [4.78, 5) is 2.47. The second kappa shape index (κ2) is 9.31. The average Bonchev–Trinajstić information content (AvgIpc) is 3.14. The molecule has 0 saturated heterocycles. The van der Waals surface area contributed by atoms with Crippen LogP contribution in [0.1, 0.15) is 0 Å². The van der Waals surface area contributed by atoms with Gasteiger partial charge in [0, 0.05) is 23.1 Å². The topological polar surface area (TPSA) is 21.7 Å². The molecule has 47 heavy (non-hydrogen) atoms. The number of fused-ring (bicyclic) bond motifs is 10. The highest BCUT2D eigenvalue weighted by molar-refractivity contribution is 7.03. The minimum Gasteiger partial charge on any atom is -0.458 e. The summed E-state index contributed by atoms with van der Waals surface area (Å²) in [5.74, 6) is 3.52. The van der Waals surface area contributed by atoms with Crippen LogP contribution in [0.25, 0.3) is 22.3 Å². The first-order chi connectivity index (χ1) is 23.3. The molecule has 216 valence electrons. The number of ether oxygens (including phenoxy) is 2. The molecule has 0 unspecified atom stereocenters. The van der Waals surface area contributed by atoms with Gasteiger partial charge in [-0.25, -0.2) is 0 Å². The van der Waals surface area contributed by atoms with Crippen LogP contribution in [-0.2, 0) is 0 Å². The predicted octanol–water partition coefficient (Wildman–Crippen LogP) is 6.36. The van der Waals surface area contributed by atoms with Gasteiger partial charge in [-0.05, 0) is 79.3 Å². The molecule has 11 rings (SSSR count). The summed E-state index contributed by atoms with van der Waals surface area (Å²) in [7, 11) is 0. The molecule has 0 amide bonds. The standard InChI is InChI=1S/C42H25B2NO2/c1-3-11-26(12-4-1)28-19-21-32-36(23-28)46-38-25-39-41-42-40(38)43(32)30-15-7-9-17-34(30)45(42)35-18-10-8-16-31(35)44(41)33-22-20-29(24-37(33)47-39)27-13-5-2-6-14-27/h1-25H. The molecular formula is C42H25B2NO2. The van der Waals surface area contributed by atoms with Crippen LogP contribution in [0, 0.1) is 0 Å². The highest BCUT2D eigenvalue weighted by atomic mass is 16.5. The van der Waals surface area contributed by atoms with Crippen LogP contribution in [0.3, 0.4) is 0 Å². The van der Waals surface area contributed by atoms with Gasteiger partial charge in [0.05, 0.1) is 0 Å². The van der Waals surface area contributed by atoms with Gasteiger partial charge in [0.1, 0.15) is 23.0 Å². The first-order valence-corrected chi connectivity index (χ1v) is 16.2. The number of hydrogen-bond donors (Lipinski definition) is 0. The Morgan fingerprint density at radius 1 is 0.362 bits per heavy atom. The number of nitrogens with zero attached hydrogens (tertiary/aromatic N) is 1. The molecule has 4 heterocycles. The highest BCUT2D eigenvalue weighted by Gasteiger charge is 2.50. The lowest BCUT2D eigenvalue weighted by atomic mass is 9.29. The van der Waals surface area contributed by atoms with Gasteiger partial charge >= 0.3 is 0 Å². The van der Waals surface area contributed by atoms with E-state index in [9.17, 15) is 0 Å². The van der Waals surface area contributed by atoms with Crippen molar-refractivity contribution < 1.29 is 9.47 Å². The van der Waals surface area contributed by atoms with Crippen molar-refractivity contribution in [1.29, 1.82) is 0 Å². The van der Waals surface area contributed by atoms with Crippen LogP contribution in [0.5, 0.6) is 23.0 Å². The van der Waals surface area contributed by atoms with E-state index in [-0.39, 0.29) is 13.4 Å². The molecule has 0 radical (unpaired) electrons. The molecule has 5 heteroatoms. The molecular weight excluding hydrogens is 572 g/mol. The summed E-state index contributed by atoms with van der Waals surface area (Å²) in [6.45, 7) is 0.0816. The Balaban J connectivity index is 1.18. The van der Waals surface area contributed by atoms with E-state index < -0.39 is 0 Å². The molecule has 4 aliphatic heterocycles. The Morgan fingerprint density at radius 3 is 1.30 bits per heavy atom. The van der Waals surface area contributed by atoms with Crippen LogP contribution in [-0.4, -0.2) is 13.4 Å². The molecule has 0 atom stereocenters. The third kappa shape index (κ3) is 3.43. The lowest BCUT2D eigenvalue weighted by Crippen LogP contribution is -2.67. The van der Waals surface area contributed by atoms with Crippen molar-refractivity contribution in [3.05, 3.63) is 152 Å². The van der Waals surface area contributed by atoms with Gasteiger partial charge in [-0.2, -0.15) is 0 Å². The van der Waals surface area contributed by atoms with Crippen LogP contribution in [0.2, 0.25) is 0 Å². The minimum atomic E-state index is 0.0408. The minimum absolute atomic E-state index is 0.0408. The van der Waals surface area contributed by atoms with Crippen LogP contribution < -0.4 is 47.2 Å². The fourth-order valence-corrected chi connectivity index (χ4v) is 8.40. The largest absolute Gasteiger partial charge is 0.458 e. The SMILES string of the molecule is c1ccc(-c2ccc3c(c2)Oc2cc4c5c6c2B3c2ccccc2N6c2ccccc2B5c2ccc(-c3ccccc3)cc2O4)cc1. The number of hydrogen-bond acceptors (Lipinski definition) is 3. The molecule has 3 nitrogen and oxygen atoms in total. The lowest BCUT2D eigenvalue weighted by molar-refractivity contribution is 0.466. The maximum Gasteiger partial charge on any atom is 0.256 e. The maximum absolute atomic E-state index is 6.94. The predicted molar refractivity (Wildman–Crippen MR) is 194 cm³/mol. The number of rotatable bonds is 2. The number of para-hydroxylation sites is 2. The molecule has 0 fully saturated rings. The Morgan fingerprint density at radius 2 is 0.809 bits per heavy atom. The van der Waals surface area contributed by atoms with E-state index in [2.05, 4.69) is 157 Å². The van der Waals surface area contributed by atoms with Gasteiger partial charge in [-0.15, -0.1) is 0 Å². The Labute approximate surface area is 273 Å². The fraction of sp³-hybridized carbons (Fsp3) is 0. The molecule has 7 aromatic carbocycles. The summed E-state index contributed by atoms with van der Waals surface area (Å²) >= 11 is 0. The second-order valence-corrected chi connectivity index (χ2v) is 12.8. The third-order valence-electron chi connectivity index (χ3n) is 10.4. The molecule has 0 bridgehead atoms. The summed E-state index contributed by atoms with van der Waals surface area (Å²) in [6, 6.07) is 54.4. The van der Waals surface area contributed by atoms with Crippen LogP contribution in [0.4, 0.5) is 17.1 Å². The van der Waals surface area contributed by atoms with Crippen LogP contribution >= 0.6 is 0 Å². The van der Waals surface area contributed by atoms with Gasteiger partial charge in [0.25, 0.3) is 13.4 Å². The normalized spacial score (nSPS) is 13.7. The second-order valence-electron chi connectivity index (χ2n) is 12.8. The van der Waals surface area contributed by atoms with Gasteiger partial charge in [0.2, 0.25) is 0 Å². The van der Waals surface area contributed by atoms with Crippen LogP contribution in [0.15, 0.2) is 152 Å². The van der Waals surface area contributed by atoms with Crippen molar-refractivity contribution in [2.24, 2.45) is 0 Å². The molecule has 0 N–H and O–H groups in total. The summed E-state index contributed by atoms with van der Waals surface area (Å²) in [6.07, 6.45) is 0. The van der Waals surface area contributed by atoms with Crippen molar-refractivity contribution in [1.82, 2.24) is 0 Å². The third-order valence-corrected chi connectivity index (χ3v) is 10.4. The molecule has 0 spiro atoms. The van der Waals surface area contributed by atoms with Gasteiger partial charge in [-0.3, -0.25) is 0 Å². The summed E-state index contributed by atoms with van der Waals surface area (Å²) in [5, 5.41) is 0. The quantitative estimate of drug-likeness (QED) is 0.217. The van der Waals surface area contributed by atoms with Crippen molar-refractivity contribution in [3.8, 4) is 45.3 Å². The molecule has 0 saturated carbocycles. The molecule has 0 aliphatic carbocycles. The molecule has 0 aromatic heterocycles. The zero-order valence-electron chi connectivity index (χ0n) is 25.4. The zero-order valence-corrected chi connectivity index (χ0v) is 25.4. The first-order valence-electron chi connectivity index (χ1n) is 16.2. The van der Waals surface area contributed by atoms with E-state index in [1.807, 2.05) is 0 Å². The maximum atomic E-state index is 6.94. The van der Waals surface area contributed by atoms with Crippen molar-refractivity contribution in [2.75, 3.05) is 4.90 Å². The summed E-state index contributed by atoms with van der Waals surface area (Å²) < 4.78 is 13.9. The monoisotopic (exact) mass is 597 g/mol. The highest BCUT2D eigenvalue weighted by Crippen LogP contribution is 2.46. The van der Waals surface area contributed by atoms with Crippen molar-refractivity contribution in [3.63, 3.8) is 0 Å². The van der Waals surface area contributed by atoms with E-state index in [1.54, 1.807) is 0 Å². The van der Waals surface area contributed by atoms with E-state index in [0.717, 1.165) is 34.1 Å². The van der Waals surface area contributed by atoms with Gasteiger partial charge in [0.15, 0.2) is 0 Å². The van der Waals surface area contributed by atoms with Gasteiger partial charge in [-0.1, -0.05) is 121 Å². The van der Waals surface area contributed by atoms with Crippen molar-refractivity contribution in [2.45, 2.75) is 0 Å². The Bertz CT molecular complexity index is 2280. The van der Waals surface area contributed by atoms with Gasteiger partial charge < -0.3 is 14.4 Å². The Hall–Kier alpha value is -5.93. The molecule has 7 aromatic rings. The van der Waals surface area contributed by atoms with E-state index in [0.29, 0.717) is 0 Å². The fourth-order valence-electron chi connectivity index (χ4n) is 8.40. The number of benzene rings is 7. The first kappa shape index (κ1) is 25.3. The average molecular weight is 597 g/mol.